The Morgan fingerprint density at radius 3 is 2.73 bits per heavy atom. The fourth-order valence-corrected chi connectivity index (χ4v) is 4.81. The summed E-state index contributed by atoms with van der Waals surface area (Å²) in [5.41, 5.74) is 5.19. The Kier molecular flexibility index (Phi) is 5.48. The SMILES string of the molecule is Cc1cccc(-c2noc([C@H]3CCCN3C(=O)[C@H]3CC(=O)N(c4ccc(C)c(C)c4)C3)n2)c1. The number of amides is 2. The van der Waals surface area contributed by atoms with Crippen molar-refractivity contribution in [1.29, 1.82) is 0 Å². The van der Waals surface area contributed by atoms with Gasteiger partial charge in [0, 0.05) is 30.8 Å². The largest absolute Gasteiger partial charge is 0.337 e. The monoisotopic (exact) mass is 444 g/mol. The van der Waals surface area contributed by atoms with Crippen molar-refractivity contribution in [3.8, 4) is 11.4 Å². The summed E-state index contributed by atoms with van der Waals surface area (Å²) in [6, 6.07) is 13.7. The van der Waals surface area contributed by atoms with Crippen LogP contribution in [0.4, 0.5) is 5.69 Å². The minimum absolute atomic E-state index is 0.00695. The van der Waals surface area contributed by atoms with E-state index in [4.69, 9.17) is 4.52 Å². The van der Waals surface area contributed by atoms with Crippen molar-refractivity contribution in [3.05, 3.63) is 65.0 Å². The van der Waals surface area contributed by atoms with Crippen molar-refractivity contribution >= 4 is 17.5 Å². The zero-order valence-corrected chi connectivity index (χ0v) is 19.2. The average Bonchev–Trinajstić information content (AvgIpc) is 3.54. The summed E-state index contributed by atoms with van der Waals surface area (Å²) in [5, 5.41) is 4.16. The van der Waals surface area contributed by atoms with Gasteiger partial charge in [-0.3, -0.25) is 9.59 Å². The number of carbonyl (C=O) groups excluding carboxylic acids is 2. The fraction of sp³-hybridized carbons (Fsp3) is 0.385. The maximum atomic E-state index is 13.5. The second kappa shape index (κ2) is 8.46. The van der Waals surface area contributed by atoms with Gasteiger partial charge in [0.05, 0.1) is 5.92 Å². The highest BCUT2D eigenvalue weighted by atomic mass is 16.5. The second-order valence-electron chi connectivity index (χ2n) is 9.19. The van der Waals surface area contributed by atoms with Gasteiger partial charge in [-0.25, -0.2) is 0 Å². The van der Waals surface area contributed by atoms with Crippen LogP contribution in [0.15, 0.2) is 47.0 Å². The Labute approximate surface area is 193 Å². The lowest BCUT2D eigenvalue weighted by atomic mass is 10.1. The van der Waals surface area contributed by atoms with Crippen molar-refractivity contribution in [2.24, 2.45) is 5.92 Å². The average molecular weight is 445 g/mol. The Hall–Kier alpha value is -3.48. The van der Waals surface area contributed by atoms with Crippen LogP contribution in [0.1, 0.15) is 47.9 Å². The molecule has 2 amide bonds. The number of hydrogen-bond acceptors (Lipinski definition) is 5. The Morgan fingerprint density at radius 2 is 1.94 bits per heavy atom. The minimum atomic E-state index is -0.362. The van der Waals surface area contributed by atoms with Crippen molar-refractivity contribution < 1.29 is 14.1 Å². The van der Waals surface area contributed by atoms with E-state index in [1.807, 2.05) is 68.1 Å². The van der Waals surface area contributed by atoms with Crippen LogP contribution in [0.5, 0.6) is 0 Å². The number of benzene rings is 2. The lowest BCUT2D eigenvalue weighted by Gasteiger charge is -2.25. The highest BCUT2D eigenvalue weighted by Gasteiger charge is 2.42. The molecule has 2 aromatic carbocycles. The number of nitrogens with zero attached hydrogens (tertiary/aromatic N) is 4. The number of aromatic nitrogens is 2. The van der Waals surface area contributed by atoms with Gasteiger partial charge in [-0.1, -0.05) is 35.0 Å². The van der Waals surface area contributed by atoms with E-state index in [1.54, 1.807) is 4.90 Å². The van der Waals surface area contributed by atoms with E-state index < -0.39 is 0 Å². The van der Waals surface area contributed by atoms with Gasteiger partial charge in [0.25, 0.3) is 0 Å². The van der Waals surface area contributed by atoms with Crippen molar-refractivity contribution in [2.45, 2.75) is 46.1 Å². The van der Waals surface area contributed by atoms with Crippen LogP contribution >= 0.6 is 0 Å². The minimum Gasteiger partial charge on any atom is -0.337 e. The molecule has 0 bridgehead atoms. The Morgan fingerprint density at radius 1 is 1.09 bits per heavy atom. The van der Waals surface area contributed by atoms with Crippen LogP contribution in [0.3, 0.4) is 0 Å². The summed E-state index contributed by atoms with van der Waals surface area (Å²) in [6.07, 6.45) is 1.89. The normalized spacial score (nSPS) is 20.6. The standard InChI is InChI=1S/C26H28N4O3/c1-16-6-4-7-19(12-16)24-27-25(33-28-24)22-8-5-11-29(22)26(32)20-14-23(31)30(15-20)21-10-9-17(2)18(3)13-21/h4,6-7,9-10,12-13,20,22H,5,8,11,14-15H2,1-3H3/t20-,22+/m0/s1. The molecule has 7 heteroatoms. The van der Waals surface area contributed by atoms with E-state index in [-0.39, 0.29) is 30.2 Å². The predicted molar refractivity (Wildman–Crippen MR) is 125 cm³/mol. The Balaban J connectivity index is 1.32. The summed E-state index contributed by atoms with van der Waals surface area (Å²) in [5.74, 6) is 0.621. The van der Waals surface area contributed by atoms with E-state index in [2.05, 4.69) is 10.1 Å². The lowest BCUT2D eigenvalue weighted by molar-refractivity contribution is -0.137. The number of aryl methyl sites for hydroxylation is 3. The molecule has 7 nitrogen and oxygen atoms in total. The quantitative estimate of drug-likeness (QED) is 0.597. The zero-order valence-electron chi connectivity index (χ0n) is 19.2. The molecule has 2 saturated heterocycles. The van der Waals surface area contributed by atoms with Gasteiger partial charge in [0.1, 0.15) is 6.04 Å². The summed E-state index contributed by atoms with van der Waals surface area (Å²) >= 11 is 0. The molecule has 1 aromatic heterocycles. The van der Waals surface area contributed by atoms with Gasteiger partial charge >= 0.3 is 0 Å². The molecule has 2 fully saturated rings. The molecule has 170 valence electrons. The fourth-order valence-electron chi connectivity index (χ4n) is 4.81. The molecular weight excluding hydrogens is 416 g/mol. The molecule has 0 radical (unpaired) electrons. The number of rotatable bonds is 4. The summed E-state index contributed by atoms with van der Waals surface area (Å²) in [4.78, 5) is 34.4. The van der Waals surface area contributed by atoms with Crippen LogP contribution in [0.25, 0.3) is 11.4 Å². The van der Waals surface area contributed by atoms with Gasteiger partial charge in [0.15, 0.2) is 0 Å². The molecule has 5 rings (SSSR count). The molecule has 0 unspecified atom stereocenters. The first kappa shape index (κ1) is 21.4. The van der Waals surface area contributed by atoms with E-state index in [1.165, 1.54) is 5.56 Å². The molecule has 3 heterocycles. The summed E-state index contributed by atoms with van der Waals surface area (Å²) in [7, 11) is 0. The van der Waals surface area contributed by atoms with Crippen LogP contribution in [0, 0.1) is 26.7 Å². The maximum Gasteiger partial charge on any atom is 0.249 e. The van der Waals surface area contributed by atoms with Crippen molar-refractivity contribution in [2.75, 3.05) is 18.0 Å². The first-order valence-corrected chi connectivity index (χ1v) is 11.5. The molecule has 33 heavy (non-hydrogen) atoms. The molecule has 2 aliphatic rings. The topological polar surface area (TPSA) is 79.5 Å². The third kappa shape index (κ3) is 4.03. The van der Waals surface area contributed by atoms with Gasteiger partial charge in [-0.2, -0.15) is 4.98 Å². The van der Waals surface area contributed by atoms with E-state index in [0.717, 1.165) is 35.2 Å². The van der Waals surface area contributed by atoms with Crippen molar-refractivity contribution in [3.63, 3.8) is 0 Å². The zero-order chi connectivity index (χ0) is 23.1. The van der Waals surface area contributed by atoms with Gasteiger partial charge in [-0.15, -0.1) is 0 Å². The van der Waals surface area contributed by atoms with Crippen LogP contribution < -0.4 is 4.90 Å². The molecule has 0 saturated carbocycles. The third-order valence-corrected chi connectivity index (χ3v) is 6.82. The van der Waals surface area contributed by atoms with Gasteiger partial charge < -0.3 is 14.3 Å². The van der Waals surface area contributed by atoms with E-state index in [9.17, 15) is 9.59 Å². The molecular formula is C26H28N4O3. The molecule has 2 aliphatic heterocycles. The Bertz CT molecular complexity index is 1220. The first-order valence-electron chi connectivity index (χ1n) is 11.5. The highest BCUT2D eigenvalue weighted by Crippen LogP contribution is 2.35. The van der Waals surface area contributed by atoms with Gasteiger partial charge in [-0.05, 0) is 62.9 Å². The predicted octanol–water partition coefficient (Wildman–Crippen LogP) is 4.38. The smallest absolute Gasteiger partial charge is 0.249 e. The van der Waals surface area contributed by atoms with Crippen LogP contribution in [-0.4, -0.2) is 39.9 Å². The summed E-state index contributed by atoms with van der Waals surface area (Å²) in [6.45, 7) is 7.15. The molecule has 0 aliphatic carbocycles. The van der Waals surface area contributed by atoms with Crippen molar-refractivity contribution in [1.82, 2.24) is 15.0 Å². The third-order valence-electron chi connectivity index (χ3n) is 6.82. The molecule has 0 spiro atoms. The molecule has 2 atom stereocenters. The van der Waals surface area contributed by atoms with E-state index in [0.29, 0.717) is 24.8 Å². The number of anilines is 1. The highest BCUT2D eigenvalue weighted by molar-refractivity contribution is 6.00. The first-order chi connectivity index (χ1) is 15.9. The maximum absolute atomic E-state index is 13.5. The van der Waals surface area contributed by atoms with Gasteiger partial charge in [0.2, 0.25) is 23.5 Å². The molecule has 3 aromatic rings. The summed E-state index contributed by atoms with van der Waals surface area (Å²) < 4.78 is 5.59. The molecule has 0 N–H and O–H groups in total. The van der Waals surface area contributed by atoms with E-state index >= 15 is 0 Å². The van der Waals surface area contributed by atoms with Crippen LogP contribution in [-0.2, 0) is 9.59 Å². The lowest BCUT2D eigenvalue weighted by Crippen LogP contribution is -2.37. The number of carbonyl (C=O) groups is 2. The second-order valence-corrected chi connectivity index (χ2v) is 9.19. The number of hydrogen-bond donors (Lipinski definition) is 0. The number of likely N-dealkylation sites (tertiary alicyclic amines) is 1. The van der Waals surface area contributed by atoms with Crippen LogP contribution in [0.2, 0.25) is 0 Å².